The molecule has 1 amide bonds. The summed E-state index contributed by atoms with van der Waals surface area (Å²) in [6.07, 6.45) is 1.06. The van der Waals surface area contributed by atoms with Crippen molar-refractivity contribution in [2.45, 2.75) is 26.3 Å². The van der Waals surface area contributed by atoms with Crippen molar-refractivity contribution in [3.8, 4) is 0 Å². The fraction of sp³-hybridized carbons (Fsp3) is 0.273. The number of aliphatic imine (C=N–C) groups is 1. The molecule has 1 fully saturated rings. The molecule has 0 radical (unpaired) electrons. The van der Waals surface area contributed by atoms with E-state index >= 15 is 0 Å². The molecule has 0 unspecified atom stereocenters. The molecule has 0 bridgehead atoms. The van der Waals surface area contributed by atoms with Gasteiger partial charge in [0.25, 0.3) is 5.91 Å². The van der Waals surface area contributed by atoms with Crippen molar-refractivity contribution in [1.82, 2.24) is 4.90 Å². The molecular weight excluding hydrogens is 368 g/mol. The number of para-hydroxylation sites is 1. The Kier molecular flexibility index (Phi) is 5.13. The van der Waals surface area contributed by atoms with Crippen LogP contribution in [0.1, 0.15) is 30.5 Å². The van der Waals surface area contributed by atoms with Crippen molar-refractivity contribution < 1.29 is 4.79 Å². The number of hydrogen-bond donors (Lipinski definition) is 2. The molecule has 6 heteroatoms. The van der Waals surface area contributed by atoms with E-state index in [1.165, 1.54) is 0 Å². The largest absolute Gasteiger partial charge is 0.399 e. The number of rotatable bonds is 3. The average Bonchev–Trinajstić information content (AvgIpc) is 2.68. The Morgan fingerprint density at radius 2 is 2.04 bits per heavy atom. The number of aryl methyl sites for hydroxylation is 1. The highest BCUT2D eigenvalue weighted by Crippen LogP contribution is 2.40. The van der Waals surface area contributed by atoms with Crippen LogP contribution in [-0.2, 0) is 4.79 Å². The van der Waals surface area contributed by atoms with Crippen molar-refractivity contribution in [3.63, 3.8) is 0 Å². The number of nitrogens with one attached hydrogen (secondary N) is 1. The highest BCUT2D eigenvalue weighted by atomic mass is 32.2. The van der Waals surface area contributed by atoms with Crippen LogP contribution in [0.25, 0.3) is 0 Å². The topological polar surface area (TPSA) is 70.7 Å². The van der Waals surface area contributed by atoms with Crippen LogP contribution < -0.4 is 11.1 Å². The lowest BCUT2D eigenvalue weighted by Crippen LogP contribution is -2.43. The number of nitrogen functional groups attached to an aromatic ring is 1. The zero-order chi connectivity index (χ0) is 19.7. The molecule has 0 saturated carbocycles. The van der Waals surface area contributed by atoms with Gasteiger partial charge in [0.15, 0.2) is 5.17 Å². The first kappa shape index (κ1) is 18.6. The smallest absolute Gasteiger partial charge is 0.255 e. The third kappa shape index (κ3) is 3.52. The molecule has 2 aliphatic heterocycles. The van der Waals surface area contributed by atoms with Gasteiger partial charge in [-0.2, -0.15) is 0 Å². The van der Waals surface area contributed by atoms with Gasteiger partial charge in [-0.1, -0.05) is 42.1 Å². The van der Waals surface area contributed by atoms with Crippen LogP contribution in [0.4, 0.5) is 11.4 Å². The zero-order valence-corrected chi connectivity index (χ0v) is 16.9. The first-order chi connectivity index (χ1) is 13.5. The van der Waals surface area contributed by atoms with E-state index in [-0.39, 0.29) is 11.9 Å². The number of benzene rings is 2. The minimum Gasteiger partial charge on any atom is -0.399 e. The standard InChI is InChI=1S/C22H24N4OS/c1-14-7-3-4-10-18(14)25-21(27)19-15(2)24-22-26(11-6-12-28-22)20(19)16-8-5-9-17(23)13-16/h3-5,7-10,13,20H,6,11-12,23H2,1-2H3,(H,25,27)/t20-/m1/s1. The monoisotopic (exact) mass is 392 g/mol. The summed E-state index contributed by atoms with van der Waals surface area (Å²) in [4.78, 5) is 20.4. The van der Waals surface area contributed by atoms with Crippen molar-refractivity contribution in [1.29, 1.82) is 0 Å². The Balaban J connectivity index is 1.77. The van der Waals surface area contributed by atoms with Gasteiger partial charge in [0, 0.05) is 23.7 Å². The minimum absolute atomic E-state index is 0.113. The van der Waals surface area contributed by atoms with Gasteiger partial charge in [0.1, 0.15) is 0 Å². The lowest BCUT2D eigenvalue weighted by atomic mass is 9.93. The van der Waals surface area contributed by atoms with E-state index in [9.17, 15) is 4.79 Å². The van der Waals surface area contributed by atoms with E-state index in [1.807, 2.05) is 62.4 Å². The normalized spacial score (nSPS) is 19.1. The van der Waals surface area contributed by atoms with Crippen LogP contribution in [0, 0.1) is 6.92 Å². The summed E-state index contributed by atoms with van der Waals surface area (Å²) in [6, 6.07) is 15.4. The highest BCUT2D eigenvalue weighted by Gasteiger charge is 2.37. The average molecular weight is 393 g/mol. The van der Waals surface area contributed by atoms with E-state index in [4.69, 9.17) is 10.7 Å². The second kappa shape index (κ2) is 7.72. The van der Waals surface area contributed by atoms with E-state index in [1.54, 1.807) is 11.8 Å². The molecule has 5 nitrogen and oxygen atoms in total. The van der Waals surface area contributed by atoms with Gasteiger partial charge < -0.3 is 16.0 Å². The molecule has 3 N–H and O–H groups in total. The maximum atomic E-state index is 13.4. The molecule has 2 aliphatic rings. The number of hydrogen-bond acceptors (Lipinski definition) is 5. The first-order valence-electron chi connectivity index (χ1n) is 9.46. The molecule has 1 atom stereocenters. The maximum absolute atomic E-state index is 13.4. The maximum Gasteiger partial charge on any atom is 0.255 e. The summed E-state index contributed by atoms with van der Waals surface area (Å²) < 4.78 is 0. The summed E-state index contributed by atoms with van der Waals surface area (Å²) in [5.41, 5.74) is 11.1. The summed E-state index contributed by atoms with van der Waals surface area (Å²) >= 11 is 1.75. The van der Waals surface area contributed by atoms with Crippen LogP contribution >= 0.6 is 11.8 Å². The van der Waals surface area contributed by atoms with E-state index in [0.29, 0.717) is 11.3 Å². The van der Waals surface area contributed by atoms with Gasteiger partial charge in [0.2, 0.25) is 0 Å². The molecule has 0 aromatic heterocycles. The van der Waals surface area contributed by atoms with Crippen molar-refractivity contribution in [3.05, 3.63) is 70.9 Å². The van der Waals surface area contributed by atoms with Gasteiger partial charge in [-0.15, -0.1) is 0 Å². The Bertz CT molecular complexity index is 982. The fourth-order valence-electron chi connectivity index (χ4n) is 3.74. The van der Waals surface area contributed by atoms with Crippen molar-refractivity contribution >= 4 is 34.2 Å². The van der Waals surface area contributed by atoms with E-state index in [0.717, 1.165) is 46.4 Å². The summed E-state index contributed by atoms with van der Waals surface area (Å²) in [5.74, 6) is 0.939. The molecule has 4 rings (SSSR count). The summed E-state index contributed by atoms with van der Waals surface area (Å²) in [7, 11) is 0. The number of nitrogens with two attached hydrogens (primary N) is 1. The number of anilines is 2. The first-order valence-corrected chi connectivity index (χ1v) is 10.4. The molecule has 2 heterocycles. The molecule has 2 aromatic carbocycles. The summed E-state index contributed by atoms with van der Waals surface area (Å²) in [5, 5.41) is 4.08. The number of fused-ring (bicyclic) bond motifs is 1. The molecule has 0 aliphatic carbocycles. The van der Waals surface area contributed by atoms with E-state index < -0.39 is 0 Å². The molecule has 2 aromatic rings. The van der Waals surface area contributed by atoms with Crippen LogP contribution in [0.5, 0.6) is 0 Å². The predicted octanol–water partition coefficient (Wildman–Crippen LogP) is 4.34. The number of carbonyl (C=O) groups is 1. The second-order valence-electron chi connectivity index (χ2n) is 7.13. The highest BCUT2D eigenvalue weighted by molar-refractivity contribution is 8.13. The molecular formula is C22H24N4OS. The number of amidine groups is 1. The van der Waals surface area contributed by atoms with Gasteiger partial charge in [-0.3, -0.25) is 4.79 Å². The quantitative estimate of drug-likeness (QED) is 0.763. The zero-order valence-electron chi connectivity index (χ0n) is 16.1. The van der Waals surface area contributed by atoms with Crippen molar-refractivity contribution in [2.24, 2.45) is 4.99 Å². The third-order valence-electron chi connectivity index (χ3n) is 5.12. The minimum atomic E-state index is -0.187. The lowest BCUT2D eigenvalue weighted by Gasteiger charge is -2.41. The van der Waals surface area contributed by atoms with E-state index in [2.05, 4.69) is 10.2 Å². The second-order valence-corrected chi connectivity index (χ2v) is 8.19. The third-order valence-corrected chi connectivity index (χ3v) is 6.20. The summed E-state index contributed by atoms with van der Waals surface area (Å²) in [6.45, 7) is 4.79. The van der Waals surface area contributed by atoms with Gasteiger partial charge >= 0.3 is 0 Å². The van der Waals surface area contributed by atoms with Gasteiger partial charge in [-0.05, 0) is 49.6 Å². The number of thioether (sulfide) groups is 1. The molecule has 0 spiro atoms. The van der Waals surface area contributed by atoms with Crippen LogP contribution in [0.2, 0.25) is 0 Å². The van der Waals surface area contributed by atoms with Crippen LogP contribution in [0.3, 0.4) is 0 Å². The van der Waals surface area contributed by atoms with Crippen LogP contribution in [-0.4, -0.2) is 28.3 Å². The lowest BCUT2D eigenvalue weighted by molar-refractivity contribution is -0.113. The number of allylic oxidation sites excluding steroid dienone is 1. The number of carbonyl (C=O) groups excluding carboxylic acids is 1. The SMILES string of the molecule is CC1=C(C(=O)Nc2ccccc2C)[C@@H](c2cccc(N)c2)N2CCCSC2=N1. The van der Waals surface area contributed by atoms with Crippen molar-refractivity contribution in [2.75, 3.05) is 23.3 Å². The number of amides is 1. The van der Waals surface area contributed by atoms with Gasteiger partial charge in [-0.25, -0.2) is 4.99 Å². The van der Waals surface area contributed by atoms with Gasteiger partial charge in [0.05, 0.1) is 17.3 Å². The van der Waals surface area contributed by atoms with Crippen LogP contribution in [0.15, 0.2) is 64.8 Å². The number of nitrogens with zero attached hydrogens (tertiary/aromatic N) is 2. The Morgan fingerprint density at radius 1 is 1.21 bits per heavy atom. The Morgan fingerprint density at radius 3 is 2.82 bits per heavy atom. The fourth-order valence-corrected chi connectivity index (χ4v) is 4.76. The molecule has 144 valence electrons. The molecule has 1 saturated heterocycles. The Hall–Kier alpha value is -2.73. The predicted molar refractivity (Wildman–Crippen MR) is 117 cm³/mol. The molecule has 28 heavy (non-hydrogen) atoms. The Labute approximate surface area is 169 Å².